The fraction of sp³-hybridized carbons (Fsp3) is 0.154. The molecular weight excluding hydrogens is 236 g/mol. The van der Waals surface area contributed by atoms with Crippen molar-refractivity contribution in [1.29, 1.82) is 0 Å². The second-order valence-electron chi connectivity index (χ2n) is 3.76. The van der Waals surface area contributed by atoms with E-state index in [0.717, 1.165) is 28.4 Å². The van der Waals surface area contributed by atoms with Crippen molar-refractivity contribution in [3.05, 3.63) is 47.8 Å². The molecule has 0 fully saturated rings. The first kappa shape index (κ1) is 13.3. The van der Waals surface area contributed by atoms with Crippen molar-refractivity contribution in [2.24, 2.45) is 0 Å². The van der Waals surface area contributed by atoms with Gasteiger partial charge in [-0.2, -0.15) is 0 Å². The summed E-state index contributed by atoms with van der Waals surface area (Å²) in [5, 5.41) is 0. The summed E-state index contributed by atoms with van der Waals surface area (Å²) in [4.78, 5) is 4.17. The third kappa shape index (κ3) is 3.36. The van der Waals surface area contributed by atoms with Crippen LogP contribution in [0.3, 0.4) is 0 Å². The van der Waals surface area contributed by atoms with E-state index in [1.807, 2.05) is 44.2 Å². The summed E-state index contributed by atoms with van der Waals surface area (Å²) in [6.07, 6.45) is 1.71. The van der Waals surface area contributed by atoms with Crippen molar-refractivity contribution in [2.75, 3.05) is 5.73 Å². The summed E-state index contributed by atoms with van der Waals surface area (Å²) >= 11 is 0. The van der Waals surface area contributed by atoms with Crippen LogP contribution in [0.4, 0.5) is 5.69 Å². The maximum atomic E-state index is 5.70. The van der Waals surface area contributed by atoms with Gasteiger partial charge in [-0.1, -0.05) is 0 Å². The van der Waals surface area contributed by atoms with E-state index < -0.39 is 0 Å². The number of nitrogens with zero attached hydrogens (tertiary/aromatic N) is 1. The second kappa shape index (κ2) is 5.55. The van der Waals surface area contributed by atoms with Crippen LogP contribution in [0.25, 0.3) is 0 Å². The molecule has 0 radical (unpaired) electrons. The number of hydrogen-bond donors (Lipinski definition) is 1. The summed E-state index contributed by atoms with van der Waals surface area (Å²) < 4.78 is 5.70. The minimum Gasteiger partial charge on any atom is -0.455 e. The van der Waals surface area contributed by atoms with Gasteiger partial charge in [-0.3, -0.25) is 4.98 Å². The van der Waals surface area contributed by atoms with Crippen molar-refractivity contribution in [3.63, 3.8) is 0 Å². The van der Waals surface area contributed by atoms with Gasteiger partial charge in [0.2, 0.25) is 0 Å². The van der Waals surface area contributed by atoms with E-state index in [-0.39, 0.29) is 12.4 Å². The largest absolute Gasteiger partial charge is 0.455 e. The molecule has 0 bridgehead atoms. The highest BCUT2D eigenvalue weighted by Gasteiger charge is 2.01. The first-order valence-corrected chi connectivity index (χ1v) is 5.12. The Balaban J connectivity index is 0.00000144. The van der Waals surface area contributed by atoms with Gasteiger partial charge in [0.15, 0.2) is 0 Å². The van der Waals surface area contributed by atoms with Crippen LogP contribution >= 0.6 is 12.4 Å². The SMILES string of the molecule is Cc1ccc(Oc2ccc(N)cc2C)cn1.Cl. The molecule has 17 heavy (non-hydrogen) atoms. The molecule has 2 aromatic rings. The van der Waals surface area contributed by atoms with Gasteiger partial charge >= 0.3 is 0 Å². The first-order chi connectivity index (χ1) is 7.65. The monoisotopic (exact) mass is 250 g/mol. The molecule has 2 rings (SSSR count). The van der Waals surface area contributed by atoms with Gasteiger partial charge in [0, 0.05) is 11.4 Å². The quantitative estimate of drug-likeness (QED) is 0.830. The zero-order chi connectivity index (χ0) is 11.5. The van der Waals surface area contributed by atoms with Crippen molar-refractivity contribution in [2.45, 2.75) is 13.8 Å². The minimum atomic E-state index is 0. The Kier molecular flexibility index (Phi) is 4.35. The number of anilines is 1. The third-order valence-corrected chi connectivity index (χ3v) is 2.31. The highest BCUT2D eigenvalue weighted by molar-refractivity contribution is 5.85. The van der Waals surface area contributed by atoms with Gasteiger partial charge in [0.1, 0.15) is 11.5 Å². The Bertz CT molecular complexity index is 497. The lowest BCUT2D eigenvalue weighted by atomic mass is 10.2. The lowest BCUT2D eigenvalue weighted by Gasteiger charge is -2.08. The van der Waals surface area contributed by atoms with E-state index in [1.165, 1.54) is 0 Å². The predicted octanol–water partition coefficient (Wildman–Crippen LogP) is 3.49. The Morgan fingerprint density at radius 2 is 1.88 bits per heavy atom. The number of aryl methyl sites for hydroxylation is 2. The Morgan fingerprint density at radius 3 is 2.47 bits per heavy atom. The van der Waals surface area contributed by atoms with Gasteiger partial charge in [0.05, 0.1) is 6.20 Å². The molecular formula is C13H15ClN2O. The van der Waals surface area contributed by atoms with Gasteiger partial charge in [-0.25, -0.2) is 0 Å². The molecule has 0 spiro atoms. The number of aromatic nitrogens is 1. The van der Waals surface area contributed by atoms with E-state index in [2.05, 4.69) is 4.98 Å². The predicted molar refractivity (Wildman–Crippen MR) is 71.9 cm³/mol. The van der Waals surface area contributed by atoms with Crippen LogP contribution in [-0.4, -0.2) is 4.98 Å². The number of ether oxygens (including phenoxy) is 1. The summed E-state index contributed by atoms with van der Waals surface area (Å²) in [5.41, 5.74) is 8.40. The van der Waals surface area contributed by atoms with Crippen LogP contribution in [0.15, 0.2) is 36.5 Å². The fourth-order valence-corrected chi connectivity index (χ4v) is 1.43. The van der Waals surface area contributed by atoms with Crippen molar-refractivity contribution in [1.82, 2.24) is 4.98 Å². The van der Waals surface area contributed by atoms with Crippen molar-refractivity contribution >= 4 is 18.1 Å². The molecule has 0 unspecified atom stereocenters. The Hall–Kier alpha value is -1.74. The average Bonchev–Trinajstić information content (AvgIpc) is 2.25. The van der Waals surface area contributed by atoms with Gasteiger partial charge in [-0.05, 0) is 49.7 Å². The highest BCUT2D eigenvalue weighted by Crippen LogP contribution is 2.25. The fourth-order valence-electron chi connectivity index (χ4n) is 1.43. The number of nitrogens with two attached hydrogens (primary N) is 1. The lowest BCUT2D eigenvalue weighted by Crippen LogP contribution is -1.91. The van der Waals surface area contributed by atoms with Crippen LogP contribution < -0.4 is 10.5 Å². The molecule has 0 aliphatic rings. The number of rotatable bonds is 2. The Morgan fingerprint density at radius 1 is 1.12 bits per heavy atom. The number of nitrogen functional groups attached to an aromatic ring is 1. The van der Waals surface area contributed by atoms with E-state index in [1.54, 1.807) is 6.20 Å². The maximum absolute atomic E-state index is 5.70. The summed E-state index contributed by atoms with van der Waals surface area (Å²) in [7, 11) is 0. The van der Waals surface area contributed by atoms with Crippen LogP contribution in [0, 0.1) is 13.8 Å². The second-order valence-corrected chi connectivity index (χ2v) is 3.76. The van der Waals surface area contributed by atoms with Gasteiger partial charge in [-0.15, -0.1) is 12.4 Å². The molecule has 0 aliphatic heterocycles. The maximum Gasteiger partial charge on any atom is 0.145 e. The summed E-state index contributed by atoms with van der Waals surface area (Å²) in [5.74, 6) is 1.54. The van der Waals surface area contributed by atoms with Gasteiger partial charge in [0.25, 0.3) is 0 Å². The van der Waals surface area contributed by atoms with Crippen molar-refractivity contribution < 1.29 is 4.74 Å². The summed E-state index contributed by atoms with van der Waals surface area (Å²) in [6, 6.07) is 9.39. The molecule has 2 N–H and O–H groups in total. The molecule has 0 saturated heterocycles. The van der Waals surface area contributed by atoms with Crippen LogP contribution in [0.5, 0.6) is 11.5 Å². The molecule has 0 atom stereocenters. The zero-order valence-electron chi connectivity index (χ0n) is 9.81. The van der Waals surface area contributed by atoms with Gasteiger partial charge < -0.3 is 10.5 Å². The third-order valence-electron chi connectivity index (χ3n) is 2.31. The molecule has 90 valence electrons. The molecule has 0 amide bonds. The van der Waals surface area contributed by atoms with E-state index in [9.17, 15) is 0 Å². The van der Waals surface area contributed by atoms with E-state index in [0.29, 0.717) is 0 Å². The lowest BCUT2D eigenvalue weighted by molar-refractivity contribution is 0.476. The standard InChI is InChI=1S/C13H14N2O.ClH/c1-9-7-11(14)4-6-13(9)16-12-5-3-10(2)15-8-12;/h3-8H,14H2,1-2H3;1H. The normalized spacial score (nSPS) is 9.53. The van der Waals surface area contributed by atoms with E-state index >= 15 is 0 Å². The average molecular weight is 251 g/mol. The first-order valence-electron chi connectivity index (χ1n) is 5.12. The van der Waals surface area contributed by atoms with Crippen LogP contribution in [0.1, 0.15) is 11.3 Å². The molecule has 1 heterocycles. The molecule has 3 nitrogen and oxygen atoms in total. The molecule has 1 aromatic carbocycles. The number of benzene rings is 1. The number of pyridine rings is 1. The topological polar surface area (TPSA) is 48.1 Å². The summed E-state index contributed by atoms with van der Waals surface area (Å²) in [6.45, 7) is 3.91. The number of halogens is 1. The van der Waals surface area contributed by atoms with E-state index in [4.69, 9.17) is 10.5 Å². The minimum absolute atomic E-state index is 0. The molecule has 1 aromatic heterocycles. The van der Waals surface area contributed by atoms with Crippen LogP contribution in [0.2, 0.25) is 0 Å². The molecule has 0 saturated carbocycles. The van der Waals surface area contributed by atoms with Crippen LogP contribution in [-0.2, 0) is 0 Å². The molecule has 4 heteroatoms. The zero-order valence-corrected chi connectivity index (χ0v) is 10.6. The smallest absolute Gasteiger partial charge is 0.145 e. The highest BCUT2D eigenvalue weighted by atomic mass is 35.5. The Labute approximate surface area is 107 Å². The number of hydrogen-bond acceptors (Lipinski definition) is 3. The van der Waals surface area contributed by atoms with Crippen molar-refractivity contribution in [3.8, 4) is 11.5 Å². The molecule has 0 aliphatic carbocycles.